The van der Waals surface area contributed by atoms with Gasteiger partial charge in [0.25, 0.3) is 0 Å². The van der Waals surface area contributed by atoms with Gasteiger partial charge in [-0.2, -0.15) is 4.98 Å². The fraction of sp³-hybridized carbons (Fsp3) is 0.667. The van der Waals surface area contributed by atoms with Gasteiger partial charge in [-0.1, -0.05) is 11.6 Å². The normalized spacial score (nSPS) is 18.4. The second kappa shape index (κ2) is 6.69. The van der Waals surface area contributed by atoms with Crippen LogP contribution in [0.15, 0.2) is 6.07 Å². The van der Waals surface area contributed by atoms with Gasteiger partial charge in [0.15, 0.2) is 0 Å². The molecule has 1 aliphatic rings. The highest BCUT2D eigenvalue weighted by Crippen LogP contribution is 2.21. The van der Waals surface area contributed by atoms with E-state index < -0.39 is 5.60 Å². The van der Waals surface area contributed by atoms with E-state index in [1.807, 2.05) is 27.7 Å². The Morgan fingerprint density at radius 1 is 1.45 bits per heavy atom. The summed E-state index contributed by atoms with van der Waals surface area (Å²) in [6.45, 7) is 8.40. The first-order valence-electron chi connectivity index (χ1n) is 7.38. The molecule has 2 rings (SSSR count). The molecule has 0 saturated carbocycles. The van der Waals surface area contributed by atoms with E-state index in [0.29, 0.717) is 18.3 Å². The quantitative estimate of drug-likeness (QED) is 0.797. The molecule has 1 aromatic heterocycles. The Balaban J connectivity index is 1.95. The smallest absolute Gasteiger partial charge is 0.410 e. The first kappa shape index (κ1) is 16.8. The molecule has 1 aromatic rings. The lowest BCUT2D eigenvalue weighted by atomic mass is 10.2. The zero-order chi connectivity index (χ0) is 16.3. The number of halogens is 1. The highest BCUT2D eigenvalue weighted by Gasteiger charge is 2.32. The van der Waals surface area contributed by atoms with Crippen LogP contribution < -0.4 is 4.74 Å². The summed E-state index contributed by atoms with van der Waals surface area (Å²) in [6.07, 6.45) is 1.50. The molecule has 0 N–H and O–H groups in total. The van der Waals surface area contributed by atoms with Crippen molar-refractivity contribution in [3.8, 4) is 6.01 Å². The predicted octanol–water partition coefficient (Wildman–Crippen LogP) is 3.22. The third kappa shape index (κ3) is 4.73. The van der Waals surface area contributed by atoms with Crippen LogP contribution >= 0.6 is 11.6 Å². The van der Waals surface area contributed by atoms with E-state index in [1.54, 1.807) is 11.0 Å². The van der Waals surface area contributed by atoms with Crippen molar-refractivity contribution in [3.63, 3.8) is 0 Å². The van der Waals surface area contributed by atoms with Crippen molar-refractivity contribution in [1.29, 1.82) is 0 Å². The molecule has 7 heteroatoms. The summed E-state index contributed by atoms with van der Waals surface area (Å²) in [4.78, 5) is 22.1. The molecule has 0 bridgehead atoms. The molecule has 1 aliphatic heterocycles. The van der Waals surface area contributed by atoms with E-state index in [9.17, 15) is 4.79 Å². The highest BCUT2D eigenvalue weighted by atomic mass is 35.5. The van der Waals surface area contributed by atoms with Crippen LogP contribution in [0.25, 0.3) is 0 Å². The van der Waals surface area contributed by atoms with Gasteiger partial charge in [0.2, 0.25) is 0 Å². The fourth-order valence-electron chi connectivity index (χ4n) is 2.31. The van der Waals surface area contributed by atoms with Crippen molar-refractivity contribution >= 4 is 17.7 Å². The summed E-state index contributed by atoms with van der Waals surface area (Å²) in [7, 11) is 0. The molecule has 2 heterocycles. The second-order valence-corrected chi connectivity index (χ2v) is 6.78. The van der Waals surface area contributed by atoms with Crippen molar-refractivity contribution in [3.05, 3.63) is 16.9 Å². The van der Waals surface area contributed by atoms with E-state index in [1.165, 1.54) is 0 Å². The van der Waals surface area contributed by atoms with Crippen LogP contribution in [-0.4, -0.2) is 45.8 Å². The van der Waals surface area contributed by atoms with Crippen molar-refractivity contribution in [2.24, 2.45) is 0 Å². The zero-order valence-corrected chi connectivity index (χ0v) is 14.2. The minimum absolute atomic E-state index is 0.0299. The Morgan fingerprint density at radius 2 is 2.18 bits per heavy atom. The molecule has 0 spiro atoms. The summed E-state index contributed by atoms with van der Waals surface area (Å²) in [6, 6.07) is 1.87. The van der Waals surface area contributed by atoms with E-state index in [0.717, 1.165) is 18.5 Å². The minimum atomic E-state index is -0.502. The van der Waals surface area contributed by atoms with Gasteiger partial charge in [0.1, 0.15) is 17.4 Å². The molecule has 6 nitrogen and oxygen atoms in total. The lowest BCUT2D eigenvalue weighted by molar-refractivity contribution is 0.0183. The van der Waals surface area contributed by atoms with Crippen LogP contribution in [0.2, 0.25) is 5.15 Å². The van der Waals surface area contributed by atoms with E-state index >= 15 is 0 Å². The van der Waals surface area contributed by atoms with E-state index in [-0.39, 0.29) is 18.1 Å². The lowest BCUT2D eigenvalue weighted by Gasteiger charge is -2.28. The van der Waals surface area contributed by atoms with Gasteiger partial charge in [-0.15, -0.1) is 0 Å². The van der Waals surface area contributed by atoms with Gasteiger partial charge in [-0.25, -0.2) is 9.78 Å². The molecule has 1 unspecified atom stereocenters. The number of hydrogen-bond acceptors (Lipinski definition) is 5. The van der Waals surface area contributed by atoms with Crippen LogP contribution in [0.1, 0.15) is 39.3 Å². The zero-order valence-electron chi connectivity index (χ0n) is 13.4. The Hall–Kier alpha value is -1.56. The Labute approximate surface area is 135 Å². The SMILES string of the molecule is Cc1cc(Cl)nc(OCC2CCCN2C(=O)OC(C)(C)C)n1. The molecule has 1 atom stereocenters. The number of carbonyl (C=O) groups excluding carboxylic acids is 1. The van der Waals surface area contributed by atoms with Gasteiger partial charge in [-0.05, 0) is 46.6 Å². The Morgan fingerprint density at radius 3 is 2.82 bits per heavy atom. The summed E-state index contributed by atoms with van der Waals surface area (Å²) in [5, 5.41) is 0.345. The molecule has 1 amide bonds. The maximum Gasteiger partial charge on any atom is 0.410 e. The molecule has 1 fully saturated rings. The van der Waals surface area contributed by atoms with E-state index in [2.05, 4.69) is 9.97 Å². The third-order valence-corrected chi connectivity index (χ3v) is 3.41. The molecule has 0 aliphatic carbocycles. The maximum atomic E-state index is 12.2. The number of likely N-dealkylation sites (tertiary alicyclic amines) is 1. The molecule has 1 saturated heterocycles. The van der Waals surface area contributed by atoms with Crippen molar-refractivity contribution in [2.75, 3.05) is 13.2 Å². The van der Waals surface area contributed by atoms with Crippen molar-refractivity contribution < 1.29 is 14.3 Å². The first-order valence-corrected chi connectivity index (χ1v) is 7.76. The highest BCUT2D eigenvalue weighted by molar-refractivity contribution is 6.29. The van der Waals surface area contributed by atoms with Crippen LogP contribution in [-0.2, 0) is 4.74 Å². The summed E-state index contributed by atoms with van der Waals surface area (Å²) in [5.41, 5.74) is 0.239. The third-order valence-electron chi connectivity index (χ3n) is 3.21. The number of rotatable bonds is 3. The number of carbonyl (C=O) groups is 1. The van der Waals surface area contributed by atoms with Crippen LogP contribution in [0.5, 0.6) is 6.01 Å². The number of aromatic nitrogens is 2. The van der Waals surface area contributed by atoms with Crippen molar-refractivity contribution in [1.82, 2.24) is 14.9 Å². The summed E-state index contributed by atoms with van der Waals surface area (Å²) in [5.74, 6) is 0. The van der Waals surface area contributed by atoms with Gasteiger partial charge < -0.3 is 14.4 Å². The van der Waals surface area contributed by atoms with Gasteiger partial charge in [0, 0.05) is 12.2 Å². The van der Waals surface area contributed by atoms with Crippen LogP contribution in [0.3, 0.4) is 0 Å². The predicted molar refractivity (Wildman–Crippen MR) is 83.2 cm³/mol. The summed E-state index contributed by atoms with van der Waals surface area (Å²) >= 11 is 5.88. The average molecular weight is 328 g/mol. The first-order chi connectivity index (χ1) is 10.2. The lowest BCUT2D eigenvalue weighted by Crippen LogP contribution is -2.42. The topological polar surface area (TPSA) is 64.5 Å². The number of aryl methyl sites for hydroxylation is 1. The average Bonchev–Trinajstić information content (AvgIpc) is 2.81. The number of nitrogens with zero attached hydrogens (tertiary/aromatic N) is 3. The fourth-order valence-corrected chi connectivity index (χ4v) is 2.54. The Kier molecular flexibility index (Phi) is 5.11. The molecular weight excluding hydrogens is 306 g/mol. The minimum Gasteiger partial charge on any atom is -0.461 e. The van der Waals surface area contributed by atoms with Crippen molar-refractivity contribution in [2.45, 2.75) is 52.2 Å². The number of hydrogen-bond donors (Lipinski definition) is 0. The molecule has 0 radical (unpaired) electrons. The molecule has 22 heavy (non-hydrogen) atoms. The monoisotopic (exact) mass is 327 g/mol. The van der Waals surface area contributed by atoms with E-state index in [4.69, 9.17) is 21.1 Å². The van der Waals surface area contributed by atoms with Crippen LogP contribution in [0.4, 0.5) is 4.79 Å². The largest absolute Gasteiger partial charge is 0.461 e. The van der Waals surface area contributed by atoms with Crippen LogP contribution in [0, 0.1) is 6.92 Å². The number of ether oxygens (including phenoxy) is 2. The molecule has 122 valence electrons. The maximum absolute atomic E-state index is 12.2. The summed E-state index contributed by atoms with van der Waals surface area (Å²) < 4.78 is 11.0. The molecular formula is C15H22ClN3O3. The second-order valence-electron chi connectivity index (χ2n) is 6.40. The standard InChI is InChI=1S/C15H22ClN3O3/c1-10-8-12(16)18-13(17-10)21-9-11-6-5-7-19(11)14(20)22-15(2,3)4/h8,11H,5-7,9H2,1-4H3. The van der Waals surface area contributed by atoms with Gasteiger partial charge in [0.05, 0.1) is 6.04 Å². The van der Waals surface area contributed by atoms with Gasteiger partial charge >= 0.3 is 12.1 Å². The Bertz CT molecular complexity index is 525. The molecule has 0 aromatic carbocycles. The number of amides is 1. The van der Waals surface area contributed by atoms with Gasteiger partial charge in [-0.3, -0.25) is 0 Å².